The van der Waals surface area contributed by atoms with Gasteiger partial charge >= 0.3 is 5.97 Å². The number of ether oxygens (including phenoxy) is 2. The molecule has 17 heavy (non-hydrogen) atoms. The number of esters is 1. The zero-order valence-corrected chi connectivity index (χ0v) is 11.1. The lowest BCUT2D eigenvalue weighted by molar-refractivity contribution is -0.147. The van der Waals surface area contributed by atoms with Crippen LogP contribution in [0.25, 0.3) is 0 Å². The summed E-state index contributed by atoms with van der Waals surface area (Å²) in [6.45, 7) is 3.48. The Hall–Kier alpha value is -0.570. The molecule has 0 spiro atoms. The average Bonchev–Trinajstić information content (AvgIpc) is 2.84. The van der Waals surface area contributed by atoms with Crippen molar-refractivity contribution in [3.8, 4) is 0 Å². The van der Waals surface area contributed by atoms with Gasteiger partial charge in [-0.2, -0.15) is 0 Å². The van der Waals surface area contributed by atoms with Crippen LogP contribution in [-0.2, 0) is 14.3 Å². The lowest BCUT2D eigenvalue weighted by atomic mass is 10.1. The average molecular weight is 242 g/mol. The van der Waals surface area contributed by atoms with E-state index < -0.39 is 0 Å². The Balaban J connectivity index is 1.87. The third kappa shape index (κ3) is 7.37. The minimum Gasteiger partial charge on any atom is -0.463 e. The van der Waals surface area contributed by atoms with E-state index in [-0.39, 0.29) is 12.1 Å². The second-order valence-corrected chi connectivity index (χ2v) is 4.84. The molecule has 1 rings (SSSR count). The monoisotopic (exact) mass is 242 g/mol. The fourth-order valence-electron chi connectivity index (χ4n) is 2.08. The molecule has 0 unspecified atom stereocenters. The van der Waals surface area contributed by atoms with Crippen LogP contribution in [0.4, 0.5) is 0 Å². The Labute approximate surface area is 105 Å². The SMILES string of the molecule is CCCCCCCCC(=O)OC[C@H]1CCCO1. The van der Waals surface area contributed by atoms with Crippen LogP contribution in [0.5, 0.6) is 0 Å². The molecule has 0 N–H and O–H groups in total. The van der Waals surface area contributed by atoms with Crippen LogP contribution in [-0.4, -0.2) is 25.3 Å². The molecule has 0 aliphatic carbocycles. The molecule has 0 aromatic carbocycles. The molecule has 0 aromatic heterocycles. The highest BCUT2D eigenvalue weighted by atomic mass is 16.6. The van der Waals surface area contributed by atoms with E-state index >= 15 is 0 Å². The Morgan fingerprint density at radius 1 is 1.24 bits per heavy atom. The number of hydrogen-bond donors (Lipinski definition) is 0. The normalized spacial score (nSPS) is 19.5. The maximum Gasteiger partial charge on any atom is 0.305 e. The Morgan fingerprint density at radius 2 is 2.00 bits per heavy atom. The number of hydrogen-bond acceptors (Lipinski definition) is 3. The van der Waals surface area contributed by atoms with Crippen molar-refractivity contribution in [3.05, 3.63) is 0 Å². The summed E-state index contributed by atoms with van der Waals surface area (Å²) in [7, 11) is 0. The predicted octanol–water partition coefficient (Wildman–Crippen LogP) is 3.46. The molecule has 100 valence electrons. The summed E-state index contributed by atoms with van der Waals surface area (Å²) in [4.78, 5) is 11.4. The quantitative estimate of drug-likeness (QED) is 0.459. The molecule has 3 heteroatoms. The molecule has 0 aromatic rings. The van der Waals surface area contributed by atoms with Crippen molar-refractivity contribution in [1.29, 1.82) is 0 Å². The molecule has 1 atom stereocenters. The highest BCUT2D eigenvalue weighted by molar-refractivity contribution is 5.69. The van der Waals surface area contributed by atoms with E-state index in [1.165, 1.54) is 25.7 Å². The molecule has 1 saturated heterocycles. The van der Waals surface area contributed by atoms with Crippen molar-refractivity contribution in [2.75, 3.05) is 13.2 Å². The number of unbranched alkanes of at least 4 members (excludes halogenated alkanes) is 5. The predicted molar refractivity (Wildman–Crippen MR) is 67.9 cm³/mol. The fraction of sp³-hybridized carbons (Fsp3) is 0.929. The Bertz CT molecular complexity index is 198. The van der Waals surface area contributed by atoms with Crippen LogP contribution >= 0.6 is 0 Å². The molecule has 3 nitrogen and oxygen atoms in total. The van der Waals surface area contributed by atoms with E-state index in [4.69, 9.17) is 9.47 Å². The lowest BCUT2D eigenvalue weighted by Crippen LogP contribution is -2.17. The standard InChI is InChI=1S/C14H26O3/c1-2-3-4-5-6-7-10-14(15)17-12-13-9-8-11-16-13/h13H,2-12H2,1H3/t13-/m1/s1. The number of rotatable bonds is 9. The van der Waals surface area contributed by atoms with Crippen molar-refractivity contribution < 1.29 is 14.3 Å². The topological polar surface area (TPSA) is 35.5 Å². The number of carbonyl (C=O) groups is 1. The first-order chi connectivity index (χ1) is 8.33. The van der Waals surface area contributed by atoms with Gasteiger partial charge in [0.15, 0.2) is 0 Å². The van der Waals surface area contributed by atoms with Gasteiger partial charge in [0, 0.05) is 13.0 Å². The smallest absolute Gasteiger partial charge is 0.305 e. The zero-order valence-electron chi connectivity index (χ0n) is 11.1. The van der Waals surface area contributed by atoms with Crippen LogP contribution in [0, 0.1) is 0 Å². The summed E-state index contributed by atoms with van der Waals surface area (Å²) in [5.74, 6) is -0.0593. The summed E-state index contributed by atoms with van der Waals surface area (Å²) < 4.78 is 10.6. The molecule has 0 bridgehead atoms. The van der Waals surface area contributed by atoms with Crippen molar-refractivity contribution in [2.45, 2.75) is 70.8 Å². The maximum absolute atomic E-state index is 11.4. The zero-order chi connectivity index (χ0) is 12.3. The second-order valence-electron chi connectivity index (χ2n) is 4.84. The molecule has 0 saturated carbocycles. The van der Waals surface area contributed by atoms with Gasteiger partial charge in [0.05, 0.1) is 6.10 Å². The van der Waals surface area contributed by atoms with Crippen LogP contribution in [0.1, 0.15) is 64.7 Å². The fourth-order valence-corrected chi connectivity index (χ4v) is 2.08. The molecule has 1 aliphatic heterocycles. The Morgan fingerprint density at radius 3 is 2.71 bits per heavy atom. The third-order valence-corrected chi connectivity index (χ3v) is 3.19. The van der Waals surface area contributed by atoms with Crippen molar-refractivity contribution in [1.82, 2.24) is 0 Å². The van der Waals surface area contributed by atoms with E-state index in [1.807, 2.05) is 0 Å². The van der Waals surface area contributed by atoms with Gasteiger partial charge in [-0.05, 0) is 19.3 Å². The van der Waals surface area contributed by atoms with E-state index in [0.29, 0.717) is 13.0 Å². The Kier molecular flexibility index (Phi) is 8.06. The first kappa shape index (κ1) is 14.5. The largest absolute Gasteiger partial charge is 0.463 e. The molecule has 1 fully saturated rings. The van der Waals surface area contributed by atoms with Gasteiger partial charge in [-0.25, -0.2) is 0 Å². The van der Waals surface area contributed by atoms with Crippen molar-refractivity contribution in [2.24, 2.45) is 0 Å². The minimum atomic E-state index is -0.0593. The van der Waals surface area contributed by atoms with E-state index in [0.717, 1.165) is 32.3 Å². The van der Waals surface area contributed by atoms with E-state index in [1.54, 1.807) is 0 Å². The summed E-state index contributed by atoms with van der Waals surface area (Å²) in [5, 5.41) is 0. The molecule has 0 radical (unpaired) electrons. The van der Waals surface area contributed by atoms with Gasteiger partial charge in [0.2, 0.25) is 0 Å². The highest BCUT2D eigenvalue weighted by Gasteiger charge is 2.17. The van der Waals surface area contributed by atoms with Crippen LogP contribution in [0.3, 0.4) is 0 Å². The summed E-state index contributed by atoms with van der Waals surface area (Å²) in [5.41, 5.74) is 0. The van der Waals surface area contributed by atoms with Crippen molar-refractivity contribution in [3.63, 3.8) is 0 Å². The molecular formula is C14H26O3. The van der Waals surface area contributed by atoms with E-state index in [2.05, 4.69) is 6.92 Å². The second kappa shape index (κ2) is 9.46. The van der Waals surface area contributed by atoms with Gasteiger partial charge in [-0.1, -0.05) is 39.0 Å². The lowest BCUT2D eigenvalue weighted by Gasteiger charge is -2.09. The van der Waals surface area contributed by atoms with Crippen LogP contribution < -0.4 is 0 Å². The first-order valence-corrected chi connectivity index (χ1v) is 7.10. The highest BCUT2D eigenvalue weighted by Crippen LogP contribution is 2.13. The molecular weight excluding hydrogens is 216 g/mol. The molecule has 0 amide bonds. The molecule has 1 aliphatic rings. The maximum atomic E-state index is 11.4. The first-order valence-electron chi connectivity index (χ1n) is 7.10. The van der Waals surface area contributed by atoms with Crippen molar-refractivity contribution >= 4 is 5.97 Å². The van der Waals surface area contributed by atoms with Gasteiger partial charge in [-0.15, -0.1) is 0 Å². The van der Waals surface area contributed by atoms with Crippen LogP contribution in [0.15, 0.2) is 0 Å². The van der Waals surface area contributed by atoms with Gasteiger partial charge < -0.3 is 9.47 Å². The third-order valence-electron chi connectivity index (χ3n) is 3.19. The number of carbonyl (C=O) groups excluding carboxylic acids is 1. The minimum absolute atomic E-state index is 0.0593. The van der Waals surface area contributed by atoms with E-state index in [9.17, 15) is 4.79 Å². The summed E-state index contributed by atoms with van der Waals surface area (Å²) in [6, 6.07) is 0. The van der Waals surface area contributed by atoms with Gasteiger partial charge in [0.1, 0.15) is 6.61 Å². The van der Waals surface area contributed by atoms with Gasteiger partial charge in [0.25, 0.3) is 0 Å². The summed E-state index contributed by atoms with van der Waals surface area (Å²) >= 11 is 0. The van der Waals surface area contributed by atoms with Crippen LogP contribution in [0.2, 0.25) is 0 Å². The van der Waals surface area contributed by atoms with Gasteiger partial charge in [-0.3, -0.25) is 4.79 Å². The summed E-state index contributed by atoms with van der Waals surface area (Å²) in [6.07, 6.45) is 10.1. The molecule has 1 heterocycles.